The summed E-state index contributed by atoms with van der Waals surface area (Å²) in [5.41, 5.74) is -1.34. The number of carbonyl (C=O) groups excluding carboxylic acids is 1. The Kier molecular flexibility index (Phi) is 6.38. The third-order valence-electron chi connectivity index (χ3n) is 9.12. The number of aliphatic imine (C=N–C) groups is 1. The van der Waals surface area contributed by atoms with E-state index in [2.05, 4.69) is 5.32 Å². The molecule has 4 fully saturated rings. The van der Waals surface area contributed by atoms with Crippen LogP contribution in [0.25, 0.3) is 0 Å². The topological polar surface area (TPSA) is 82.1 Å². The monoisotopic (exact) mass is 608 g/mol. The second kappa shape index (κ2) is 9.18. The van der Waals surface area contributed by atoms with Gasteiger partial charge in [0.2, 0.25) is 15.9 Å². The van der Waals surface area contributed by atoms with E-state index in [1.807, 2.05) is 13.8 Å². The Morgan fingerprint density at radius 1 is 1.12 bits per heavy atom. The van der Waals surface area contributed by atoms with E-state index < -0.39 is 50.2 Å². The van der Waals surface area contributed by atoms with E-state index in [1.165, 1.54) is 28.4 Å². The number of amidine groups is 1. The number of rotatable bonds is 9. The molecule has 1 aliphatic heterocycles. The molecule has 1 unspecified atom stereocenters. The summed E-state index contributed by atoms with van der Waals surface area (Å²) >= 11 is 5.86. The zero-order valence-corrected chi connectivity index (χ0v) is 24.6. The molecule has 1 amide bonds. The van der Waals surface area contributed by atoms with Crippen molar-refractivity contribution >= 4 is 33.4 Å². The molecule has 2 aromatic rings. The number of carbonyl (C=O) groups is 1. The lowest BCUT2D eigenvalue weighted by molar-refractivity contribution is -0.151. The Morgan fingerprint density at radius 3 is 2.34 bits per heavy atom. The summed E-state index contributed by atoms with van der Waals surface area (Å²) in [6.45, 7) is 3.67. The summed E-state index contributed by atoms with van der Waals surface area (Å²) in [6, 6.07) is 11.7. The van der Waals surface area contributed by atoms with E-state index in [0.29, 0.717) is 30.7 Å². The molecule has 4 saturated carbocycles. The van der Waals surface area contributed by atoms with Gasteiger partial charge in [-0.25, -0.2) is 21.6 Å². The first-order valence-electron chi connectivity index (χ1n) is 13.6. The Labute approximate surface area is 242 Å². The number of likely N-dealkylation sites (N-methyl/N-ethyl adjacent to an activating group) is 1. The third kappa shape index (κ3) is 4.64. The van der Waals surface area contributed by atoms with E-state index in [9.17, 15) is 26.4 Å². The molecule has 0 spiro atoms. The van der Waals surface area contributed by atoms with Crippen LogP contribution in [0.1, 0.15) is 45.1 Å². The first-order valence-corrected chi connectivity index (χ1v) is 15.4. The molecule has 2 aromatic carbocycles. The highest BCUT2D eigenvalue weighted by Crippen LogP contribution is 2.71. The summed E-state index contributed by atoms with van der Waals surface area (Å²) < 4.78 is 70.4. The van der Waals surface area contributed by atoms with Gasteiger partial charge in [0.05, 0.1) is 15.5 Å². The molecule has 4 aliphatic carbocycles. The van der Waals surface area contributed by atoms with E-state index in [1.54, 1.807) is 36.4 Å². The predicted molar refractivity (Wildman–Crippen MR) is 149 cm³/mol. The molecule has 2 atom stereocenters. The normalized spacial score (nSPS) is 30.6. The van der Waals surface area contributed by atoms with Crippen molar-refractivity contribution in [1.29, 1.82) is 0 Å². The number of amides is 1. The van der Waals surface area contributed by atoms with Crippen LogP contribution in [0.2, 0.25) is 5.02 Å². The number of benzene rings is 2. The number of nitrogens with one attached hydrogen (secondary N) is 1. The molecule has 1 heterocycles. The minimum atomic E-state index is -3.93. The van der Waals surface area contributed by atoms with Crippen molar-refractivity contribution in [3.8, 4) is 0 Å². The van der Waals surface area contributed by atoms with E-state index in [-0.39, 0.29) is 35.3 Å². The average molecular weight is 609 g/mol. The standard InChI is InChI=1S/C29H32ClF3N4O3S/c1-26(2)23(24(38)36(3)14-19-12-29(19,32)33)34-25(35-26)27-15-28(16-27,17-27)37(13-18-9-10-21(30)22(31)11-18)41(39,40)20-7-5-4-6-8-20/h4-11,19,23H,12-17H2,1-3H3,(H,34,35)/t19?,23-,27?,28?/m0/s1. The predicted octanol–water partition coefficient (Wildman–Crippen LogP) is 4.86. The highest BCUT2D eigenvalue weighted by atomic mass is 35.5. The van der Waals surface area contributed by atoms with E-state index >= 15 is 0 Å². The number of sulfonamides is 1. The second-order valence-electron chi connectivity index (χ2n) is 12.7. The Bertz CT molecular complexity index is 1530. The molecule has 0 radical (unpaired) electrons. The van der Waals surface area contributed by atoms with Crippen LogP contribution in [-0.4, -0.2) is 66.0 Å². The van der Waals surface area contributed by atoms with Crippen molar-refractivity contribution in [2.45, 2.75) is 74.0 Å². The zero-order chi connectivity index (χ0) is 29.6. The maximum Gasteiger partial charge on any atom is 0.253 e. The molecule has 220 valence electrons. The number of hydrogen-bond acceptors (Lipinski definition) is 5. The summed E-state index contributed by atoms with van der Waals surface area (Å²) in [7, 11) is -2.40. The van der Waals surface area contributed by atoms with Gasteiger partial charge in [-0.15, -0.1) is 0 Å². The van der Waals surface area contributed by atoms with Crippen molar-refractivity contribution in [1.82, 2.24) is 14.5 Å². The van der Waals surface area contributed by atoms with Crippen molar-refractivity contribution in [3.63, 3.8) is 0 Å². The van der Waals surface area contributed by atoms with Gasteiger partial charge in [-0.2, -0.15) is 4.31 Å². The smallest absolute Gasteiger partial charge is 0.253 e. The van der Waals surface area contributed by atoms with Crippen LogP contribution in [0, 0.1) is 17.2 Å². The largest absolute Gasteiger partial charge is 0.366 e. The van der Waals surface area contributed by atoms with Gasteiger partial charge in [0.25, 0.3) is 5.92 Å². The molecule has 7 rings (SSSR count). The van der Waals surface area contributed by atoms with E-state index in [4.69, 9.17) is 16.6 Å². The van der Waals surface area contributed by atoms with Crippen LogP contribution in [-0.2, 0) is 21.4 Å². The van der Waals surface area contributed by atoms with Crippen LogP contribution >= 0.6 is 11.6 Å². The van der Waals surface area contributed by atoms with Crippen LogP contribution < -0.4 is 5.32 Å². The highest BCUT2D eigenvalue weighted by molar-refractivity contribution is 7.89. The highest BCUT2D eigenvalue weighted by Gasteiger charge is 2.75. The third-order valence-corrected chi connectivity index (χ3v) is 11.4. The second-order valence-corrected chi connectivity index (χ2v) is 15.0. The van der Waals surface area contributed by atoms with Gasteiger partial charge < -0.3 is 10.2 Å². The average Bonchev–Trinajstić information content (AvgIpc) is 3.32. The summed E-state index contributed by atoms with van der Waals surface area (Å²) in [5, 5.41) is 3.36. The molecule has 0 aromatic heterocycles. The van der Waals surface area contributed by atoms with Crippen LogP contribution in [0.3, 0.4) is 0 Å². The molecule has 5 aliphatic rings. The van der Waals surface area contributed by atoms with Crippen molar-refractivity contribution < 1.29 is 26.4 Å². The lowest BCUT2D eigenvalue weighted by Gasteiger charge is -2.73. The minimum absolute atomic E-state index is 0.0187. The minimum Gasteiger partial charge on any atom is -0.366 e. The maximum absolute atomic E-state index is 14.3. The SMILES string of the molecule is CN(CC1CC1(F)F)C(=O)[C@@H]1N=C(C23CC(N(Cc4ccc(Cl)c(F)c4)S(=O)(=O)c4ccccc4)(C2)C3)NC1(C)C. The number of halogens is 4. The van der Waals surface area contributed by atoms with Crippen LogP contribution in [0.4, 0.5) is 13.2 Å². The summed E-state index contributed by atoms with van der Waals surface area (Å²) in [5.74, 6) is -3.81. The number of hydrogen-bond donors (Lipinski definition) is 1. The Balaban J connectivity index is 1.23. The molecular weight excluding hydrogens is 577 g/mol. The quantitative estimate of drug-likeness (QED) is 0.441. The molecule has 1 N–H and O–H groups in total. The van der Waals surface area contributed by atoms with Gasteiger partial charge in [0.1, 0.15) is 11.7 Å². The Hall–Kier alpha value is -2.63. The van der Waals surface area contributed by atoms with Crippen molar-refractivity contribution in [3.05, 3.63) is 64.9 Å². The van der Waals surface area contributed by atoms with Crippen molar-refractivity contribution in [2.75, 3.05) is 13.6 Å². The summed E-state index contributed by atoms with van der Waals surface area (Å²) in [4.78, 5) is 19.5. The van der Waals surface area contributed by atoms with Gasteiger partial charge in [-0.05, 0) is 62.9 Å². The molecule has 7 nitrogen and oxygen atoms in total. The van der Waals surface area contributed by atoms with Crippen LogP contribution in [0.5, 0.6) is 0 Å². The molecular formula is C29H32ClF3N4O3S. The van der Waals surface area contributed by atoms with Gasteiger partial charge in [0, 0.05) is 43.4 Å². The van der Waals surface area contributed by atoms with Crippen molar-refractivity contribution in [2.24, 2.45) is 16.3 Å². The first kappa shape index (κ1) is 28.5. The van der Waals surface area contributed by atoms with Gasteiger partial charge in [-0.1, -0.05) is 35.9 Å². The number of nitrogens with zero attached hydrogens (tertiary/aromatic N) is 3. The van der Waals surface area contributed by atoms with Gasteiger partial charge in [0.15, 0.2) is 6.04 Å². The fraction of sp³-hybridized carbons (Fsp3) is 0.517. The molecule has 12 heteroatoms. The molecule has 2 bridgehead atoms. The van der Waals surface area contributed by atoms with Crippen LogP contribution in [0.15, 0.2) is 58.4 Å². The Morgan fingerprint density at radius 2 is 1.76 bits per heavy atom. The molecule has 0 saturated heterocycles. The fourth-order valence-corrected chi connectivity index (χ4v) is 8.60. The summed E-state index contributed by atoms with van der Waals surface area (Å²) in [6.07, 6.45) is 1.28. The molecule has 41 heavy (non-hydrogen) atoms. The lowest BCUT2D eigenvalue weighted by Crippen LogP contribution is -2.78. The maximum atomic E-state index is 14.3. The lowest BCUT2D eigenvalue weighted by atomic mass is 9.38. The fourth-order valence-electron chi connectivity index (χ4n) is 6.71. The van der Waals surface area contributed by atoms with E-state index in [0.717, 1.165) is 0 Å². The number of alkyl halides is 2. The first-order chi connectivity index (χ1) is 19.1. The zero-order valence-electron chi connectivity index (χ0n) is 23.0. The van der Waals surface area contributed by atoms with Gasteiger partial charge in [-0.3, -0.25) is 9.79 Å². The van der Waals surface area contributed by atoms with Gasteiger partial charge >= 0.3 is 0 Å².